The van der Waals surface area contributed by atoms with Crippen LogP contribution in [0.25, 0.3) is 0 Å². The minimum absolute atomic E-state index is 0.0554. The Kier molecular flexibility index (Phi) is 3.88. The molecular formula is C21H17N3O3. The Morgan fingerprint density at radius 2 is 2.07 bits per heavy atom. The molecule has 2 aliphatic carbocycles. The van der Waals surface area contributed by atoms with Crippen molar-refractivity contribution in [1.82, 2.24) is 9.97 Å². The average Bonchev–Trinajstić information content (AvgIpc) is 2.70. The molecule has 0 fully saturated rings. The molecule has 4 rings (SSSR count). The topological polar surface area (TPSA) is 104 Å². The van der Waals surface area contributed by atoms with Crippen LogP contribution in [-0.4, -0.2) is 26.8 Å². The maximum Gasteiger partial charge on any atom is 0.335 e. The Hall–Kier alpha value is -3.33. The van der Waals surface area contributed by atoms with Crippen molar-refractivity contribution in [2.45, 2.75) is 25.2 Å². The lowest BCUT2D eigenvalue weighted by Gasteiger charge is -2.47. The molecule has 0 radical (unpaired) electrons. The fraction of sp³-hybridized carbons (Fsp3) is 0.286. The molecule has 1 N–H and O–H groups in total. The Labute approximate surface area is 156 Å². The fourth-order valence-electron chi connectivity index (χ4n) is 4.58. The third-order valence-corrected chi connectivity index (χ3v) is 5.87. The van der Waals surface area contributed by atoms with Crippen molar-refractivity contribution >= 4 is 11.8 Å². The summed E-state index contributed by atoms with van der Waals surface area (Å²) >= 11 is 0. The predicted molar refractivity (Wildman–Crippen MR) is 95.9 cm³/mol. The number of carbonyl (C=O) groups is 2. The summed E-state index contributed by atoms with van der Waals surface area (Å²) in [4.78, 5) is 32.6. The molecule has 3 atom stereocenters. The smallest absolute Gasteiger partial charge is 0.335 e. The van der Waals surface area contributed by atoms with Gasteiger partial charge in [0.15, 0.2) is 5.78 Å². The van der Waals surface area contributed by atoms with Crippen LogP contribution in [0.2, 0.25) is 0 Å². The van der Waals surface area contributed by atoms with Gasteiger partial charge in [-0.05, 0) is 48.1 Å². The van der Waals surface area contributed by atoms with E-state index < -0.39 is 11.4 Å². The van der Waals surface area contributed by atoms with E-state index in [0.717, 1.165) is 29.7 Å². The monoisotopic (exact) mass is 359 g/mol. The minimum Gasteiger partial charge on any atom is -0.478 e. The van der Waals surface area contributed by atoms with Crippen LogP contribution in [0, 0.1) is 23.2 Å². The number of benzene rings is 1. The molecule has 2 aliphatic rings. The Bertz CT molecular complexity index is 1020. The quantitative estimate of drug-likeness (QED) is 0.884. The maximum absolute atomic E-state index is 12.6. The summed E-state index contributed by atoms with van der Waals surface area (Å²) in [6, 6.07) is 8.69. The average molecular weight is 359 g/mol. The van der Waals surface area contributed by atoms with E-state index in [2.05, 4.69) is 9.97 Å². The summed E-state index contributed by atoms with van der Waals surface area (Å²) in [5.41, 5.74) is 2.20. The lowest BCUT2D eigenvalue weighted by atomic mass is 9.54. The first-order valence-electron chi connectivity index (χ1n) is 8.79. The van der Waals surface area contributed by atoms with Crippen molar-refractivity contribution in [1.29, 1.82) is 5.26 Å². The van der Waals surface area contributed by atoms with Crippen LogP contribution < -0.4 is 0 Å². The van der Waals surface area contributed by atoms with Crippen molar-refractivity contribution in [3.8, 4) is 6.07 Å². The Balaban J connectivity index is 2.03. The van der Waals surface area contributed by atoms with Gasteiger partial charge >= 0.3 is 5.97 Å². The standard InChI is InChI=1S/C21H17N3O3/c1-12-17-7-4-14-10-23-11-24-19(14)21(17,8-15(9-22)18(12)25)16-5-2-13(3-6-16)20(26)27/h2-3,5-6,8,10-12,17H,4,7H2,1H3,(H,26,27)/t12-,17-,21+/m0/s1. The summed E-state index contributed by atoms with van der Waals surface area (Å²) in [5.74, 6) is -1.52. The second-order valence-electron chi connectivity index (χ2n) is 7.12. The highest BCUT2D eigenvalue weighted by molar-refractivity contribution is 6.02. The molecule has 0 unspecified atom stereocenters. The fourth-order valence-corrected chi connectivity index (χ4v) is 4.58. The molecule has 0 aliphatic heterocycles. The zero-order valence-corrected chi connectivity index (χ0v) is 14.7. The van der Waals surface area contributed by atoms with E-state index in [9.17, 15) is 20.0 Å². The third kappa shape index (κ3) is 2.39. The molecule has 0 saturated carbocycles. The number of aryl methyl sites for hydroxylation is 1. The van der Waals surface area contributed by atoms with Gasteiger partial charge in [0.05, 0.1) is 22.2 Å². The first-order chi connectivity index (χ1) is 13.0. The number of allylic oxidation sites excluding steroid dienone is 2. The molecule has 0 saturated heterocycles. The number of carboxylic acid groups (broad SMARTS) is 1. The van der Waals surface area contributed by atoms with Crippen LogP contribution >= 0.6 is 0 Å². The molecule has 134 valence electrons. The summed E-state index contributed by atoms with van der Waals surface area (Å²) in [6.07, 6.45) is 6.54. The zero-order valence-electron chi connectivity index (χ0n) is 14.7. The molecule has 6 heteroatoms. The number of nitrogens with zero attached hydrogens (tertiary/aromatic N) is 3. The second-order valence-corrected chi connectivity index (χ2v) is 7.12. The van der Waals surface area contributed by atoms with Crippen LogP contribution in [-0.2, 0) is 16.6 Å². The highest BCUT2D eigenvalue weighted by Gasteiger charge is 2.52. The number of nitriles is 1. The number of rotatable bonds is 2. The highest BCUT2D eigenvalue weighted by Crippen LogP contribution is 2.52. The zero-order chi connectivity index (χ0) is 19.2. The Morgan fingerprint density at radius 1 is 1.33 bits per heavy atom. The van der Waals surface area contributed by atoms with Crippen LogP contribution in [0.4, 0.5) is 0 Å². The molecule has 0 spiro atoms. The number of hydrogen-bond acceptors (Lipinski definition) is 5. The molecule has 27 heavy (non-hydrogen) atoms. The first kappa shape index (κ1) is 17.1. The van der Waals surface area contributed by atoms with Gasteiger partial charge in [-0.25, -0.2) is 14.8 Å². The molecular weight excluding hydrogens is 342 g/mol. The van der Waals surface area contributed by atoms with Gasteiger partial charge < -0.3 is 5.11 Å². The van der Waals surface area contributed by atoms with E-state index in [-0.39, 0.29) is 28.8 Å². The highest BCUT2D eigenvalue weighted by atomic mass is 16.4. The van der Waals surface area contributed by atoms with Gasteiger partial charge in [0.1, 0.15) is 12.4 Å². The summed E-state index contributed by atoms with van der Waals surface area (Å²) in [5, 5.41) is 18.8. The number of carboxylic acids is 1. The van der Waals surface area contributed by atoms with Crippen molar-refractivity contribution in [3.63, 3.8) is 0 Å². The van der Waals surface area contributed by atoms with Gasteiger partial charge in [0, 0.05) is 12.1 Å². The second kappa shape index (κ2) is 6.13. The van der Waals surface area contributed by atoms with E-state index in [4.69, 9.17) is 0 Å². The summed E-state index contributed by atoms with van der Waals surface area (Å²) in [7, 11) is 0. The lowest BCUT2D eigenvalue weighted by molar-refractivity contribution is -0.121. The molecule has 6 nitrogen and oxygen atoms in total. The predicted octanol–water partition coefficient (Wildman–Crippen LogP) is 2.69. The SMILES string of the molecule is C[C@@H]1C(=O)C(C#N)=C[C@]2(c3ccc(C(=O)O)cc3)c3ncncc3CC[C@@H]12. The molecule has 1 heterocycles. The van der Waals surface area contributed by atoms with E-state index in [1.54, 1.807) is 36.5 Å². The Morgan fingerprint density at radius 3 is 2.74 bits per heavy atom. The van der Waals surface area contributed by atoms with E-state index >= 15 is 0 Å². The first-order valence-corrected chi connectivity index (χ1v) is 8.79. The van der Waals surface area contributed by atoms with Gasteiger partial charge in [0.25, 0.3) is 0 Å². The maximum atomic E-state index is 12.6. The molecule has 1 aromatic heterocycles. The number of ketones is 1. The van der Waals surface area contributed by atoms with Gasteiger partial charge in [-0.3, -0.25) is 4.79 Å². The van der Waals surface area contributed by atoms with Crippen LogP contribution in [0.1, 0.15) is 40.5 Å². The van der Waals surface area contributed by atoms with Crippen molar-refractivity contribution in [2.75, 3.05) is 0 Å². The molecule has 1 aromatic carbocycles. The summed E-state index contributed by atoms with van der Waals surface area (Å²) < 4.78 is 0. The lowest BCUT2D eigenvalue weighted by Crippen LogP contribution is -2.48. The van der Waals surface area contributed by atoms with E-state index in [0.29, 0.717) is 0 Å². The van der Waals surface area contributed by atoms with Crippen molar-refractivity contribution < 1.29 is 14.7 Å². The largest absolute Gasteiger partial charge is 0.478 e. The number of aromatic nitrogens is 2. The van der Waals surface area contributed by atoms with Crippen LogP contribution in [0.15, 0.2) is 48.4 Å². The number of Topliss-reactive ketones (excluding diaryl/α,β-unsaturated/α-hetero) is 1. The van der Waals surface area contributed by atoms with Gasteiger partial charge in [-0.1, -0.05) is 19.1 Å². The van der Waals surface area contributed by atoms with E-state index in [1.807, 2.05) is 13.0 Å². The van der Waals surface area contributed by atoms with Crippen LogP contribution in [0.5, 0.6) is 0 Å². The molecule has 0 bridgehead atoms. The van der Waals surface area contributed by atoms with Crippen LogP contribution in [0.3, 0.4) is 0 Å². The van der Waals surface area contributed by atoms with Crippen molar-refractivity contribution in [2.24, 2.45) is 11.8 Å². The number of fused-ring (bicyclic) bond motifs is 3. The molecule has 2 aromatic rings. The van der Waals surface area contributed by atoms with Gasteiger partial charge in [-0.2, -0.15) is 5.26 Å². The third-order valence-electron chi connectivity index (χ3n) is 5.87. The van der Waals surface area contributed by atoms with E-state index in [1.165, 1.54) is 6.33 Å². The van der Waals surface area contributed by atoms with Crippen molar-refractivity contribution in [3.05, 3.63) is 70.8 Å². The number of carbonyl (C=O) groups excluding carboxylic acids is 1. The van der Waals surface area contributed by atoms with Gasteiger partial charge in [0.2, 0.25) is 0 Å². The summed E-state index contributed by atoms with van der Waals surface area (Å²) in [6.45, 7) is 1.86. The molecule has 0 amide bonds. The van der Waals surface area contributed by atoms with Gasteiger partial charge in [-0.15, -0.1) is 0 Å². The number of hydrogen-bond donors (Lipinski definition) is 1. The number of aromatic carboxylic acids is 1. The minimum atomic E-state index is -0.998. The normalized spacial score (nSPS) is 26.4.